The molecule has 2 aromatic rings. The predicted molar refractivity (Wildman–Crippen MR) is 267 cm³/mol. The molecule has 0 aliphatic carbocycles. The Balaban J connectivity index is 2.29. The number of primary amides is 1. The number of hydrazine groups is 1. The van der Waals surface area contributed by atoms with Crippen LogP contribution in [-0.2, 0) is 46.4 Å². The number of nitrogens with one attached hydrogen (secondary N) is 9. The van der Waals surface area contributed by atoms with E-state index in [1.165, 1.54) is 12.1 Å². The van der Waals surface area contributed by atoms with Crippen molar-refractivity contribution in [1.82, 2.24) is 48.1 Å². The third kappa shape index (κ3) is 24.4. The van der Waals surface area contributed by atoms with Crippen molar-refractivity contribution in [3.8, 4) is 5.75 Å². The highest BCUT2D eigenvalue weighted by atomic mass is 16.3. The molecule has 9 amide bonds. The molecular weight excluding hydrogens is 921 g/mol. The number of likely N-dealkylation sites (N-methyl/N-ethyl adjacent to an activating group) is 1. The fourth-order valence-electron chi connectivity index (χ4n) is 6.96. The van der Waals surface area contributed by atoms with Gasteiger partial charge in [-0.3, -0.25) is 49.0 Å². The molecule has 6 atom stereocenters. The molecule has 0 aliphatic rings. The molecule has 2 rings (SSSR count). The van der Waals surface area contributed by atoms with Gasteiger partial charge in [0.2, 0.25) is 35.4 Å². The topological polar surface area (TPSA) is 420 Å². The average Bonchev–Trinajstić information content (AvgIpc) is 3.30. The summed E-state index contributed by atoms with van der Waals surface area (Å²) in [4.78, 5) is 115. The van der Waals surface area contributed by atoms with Gasteiger partial charge in [-0.1, -0.05) is 70.2 Å². The van der Waals surface area contributed by atoms with Crippen LogP contribution >= 0.6 is 0 Å². The van der Waals surface area contributed by atoms with E-state index in [9.17, 15) is 43.5 Å². The SMILES string of the molecule is CN[C@@H](Cc1ccc(O)cc1)C(=O)NCC(=O)NNC(=O)N[C@@H](Cc1ccccc1)C(=O)N[C@@H](CC(C)C)C(=O)N[C@@H](CCCN=C(N)N)C(=O)N[C@@H](CCCN=C(N)N)C(=O)N[C@@H](CC(C)C)C(N)=O. The summed E-state index contributed by atoms with van der Waals surface area (Å²) in [6, 6.07) is 7.10. The van der Waals surface area contributed by atoms with Gasteiger partial charge in [0.1, 0.15) is 36.0 Å². The van der Waals surface area contributed by atoms with E-state index in [1.54, 1.807) is 49.5 Å². The standard InChI is InChI=1S/C46H74N16O9/c1-26(2)21-33(38(47)65)58-41(68)32(14-10-20-54-45(50)51)56-40(67)31(13-9-19-53-44(48)49)57-42(69)35(22-27(3)4)59-43(70)36(24-28-11-7-6-8-12-28)60-46(71)62-61-37(64)25-55-39(66)34(52-5)23-29-15-17-30(63)18-16-29/h6-8,11-12,15-18,26-27,31-36,52,63H,9-10,13-14,19-25H2,1-5H3,(H2,47,65)(H,55,66)(H,56,67)(H,57,69)(H,58,68)(H,59,70)(H,61,64)(H4,48,49,53)(H4,50,51,54)(H2,60,62,71)/t31-,32-,33-,34-,35-,36-/m0/s1. The number of phenolic OH excluding ortho intramolecular Hbond substituents is 1. The van der Waals surface area contributed by atoms with Crippen molar-refractivity contribution in [2.45, 2.75) is 115 Å². The van der Waals surface area contributed by atoms with Gasteiger partial charge in [0.05, 0.1) is 12.6 Å². The summed E-state index contributed by atoms with van der Waals surface area (Å²) in [6.07, 6.45) is 0.929. The number of rotatable bonds is 30. The Bertz CT molecular complexity index is 2110. The molecule has 0 saturated carbocycles. The number of benzene rings is 2. The summed E-state index contributed by atoms with van der Waals surface area (Å²) < 4.78 is 0. The molecule has 0 aromatic heterocycles. The van der Waals surface area contributed by atoms with Crippen LogP contribution in [0.15, 0.2) is 64.6 Å². The summed E-state index contributed by atoms with van der Waals surface area (Å²) in [5.74, 6) is -5.61. The van der Waals surface area contributed by atoms with Crippen molar-refractivity contribution >= 4 is 59.3 Å². The van der Waals surface area contributed by atoms with E-state index in [0.717, 1.165) is 5.56 Å². The third-order valence-corrected chi connectivity index (χ3v) is 10.5. The number of nitrogens with two attached hydrogens (primary N) is 5. The Labute approximate surface area is 413 Å². The summed E-state index contributed by atoms with van der Waals surface area (Å²) in [5, 5.41) is 28.1. The highest BCUT2D eigenvalue weighted by Crippen LogP contribution is 2.13. The van der Waals surface area contributed by atoms with Crippen molar-refractivity contribution < 1.29 is 43.5 Å². The highest BCUT2D eigenvalue weighted by Gasteiger charge is 2.33. The number of phenols is 1. The zero-order valence-corrected chi connectivity index (χ0v) is 41.1. The van der Waals surface area contributed by atoms with Gasteiger partial charge in [0.25, 0.3) is 5.91 Å². The monoisotopic (exact) mass is 995 g/mol. The van der Waals surface area contributed by atoms with Gasteiger partial charge >= 0.3 is 6.03 Å². The predicted octanol–water partition coefficient (Wildman–Crippen LogP) is -2.80. The lowest BCUT2D eigenvalue weighted by Crippen LogP contribution is -2.60. The zero-order chi connectivity index (χ0) is 53.0. The summed E-state index contributed by atoms with van der Waals surface area (Å²) in [6.45, 7) is 6.98. The van der Waals surface area contributed by atoms with E-state index < -0.39 is 90.2 Å². The van der Waals surface area contributed by atoms with Crippen molar-refractivity contribution in [3.05, 3.63) is 65.7 Å². The van der Waals surface area contributed by atoms with Crippen LogP contribution in [-0.4, -0.2) is 127 Å². The van der Waals surface area contributed by atoms with E-state index >= 15 is 0 Å². The fourth-order valence-corrected chi connectivity index (χ4v) is 6.96. The number of carbonyl (C=O) groups excluding carboxylic acids is 8. The molecule has 71 heavy (non-hydrogen) atoms. The summed E-state index contributed by atoms with van der Waals surface area (Å²) >= 11 is 0. The quantitative estimate of drug-likeness (QED) is 0.0163. The number of hydrogen-bond donors (Lipinski definition) is 15. The maximum absolute atomic E-state index is 14.2. The maximum Gasteiger partial charge on any atom is 0.334 e. The number of urea groups is 1. The van der Waals surface area contributed by atoms with Gasteiger partial charge in [-0.15, -0.1) is 0 Å². The minimum Gasteiger partial charge on any atom is -0.508 e. The molecule has 0 spiro atoms. The molecule has 0 unspecified atom stereocenters. The van der Waals surface area contributed by atoms with Crippen LogP contribution in [0.2, 0.25) is 0 Å². The maximum atomic E-state index is 14.2. The van der Waals surface area contributed by atoms with Crippen molar-refractivity contribution in [3.63, 3.8) is 0 Å². The van der Waals surface area contributed by atoms with Crippen LogP contribution in [0.1, 0.15) is 77.3 Å². The van der Waals surface area contributed by atoms with Crippen LogP contribution in [0, 0.1) is 11.8 Å². The molecule has 392 valence electrons. The molecule has 20 N–H and O–H groups in total. The molecule has 0 saturated heterocycles. The number of carbonyl (C=O) groups is 8. The second-order valence-electron chi connectivity index (χ2n) is 17.6. The number of aromatic hydroxyl groups is 1. The number of guanidine groups is 2. The molecule has 0 heterocycles. The van der Waals surface area contributed by atoms with Gasteiger partial charge in [-0.2, -0.15) is 0 Å². The molecule has 25 heteroatoms. The first-order valence-corrected chi connectivity index (χ1v) is 23.3. The number of nitrogens with zero attached hydrogens (tertiary/aromatic N) is 2. The Hall–Kier alpha value is -7.70. The lowest BCUT2D eigenvalue weighted by molar-refractivity contribution is -0.135. The van der Waals surface area contributed by atoms with E-state index in [1.807, 2.05) is 27.7 Å². The minimum absolute atomic E-state index is 0.0179. The largest absolute Gasteiger partial charge is 0.508 e. The van der Waals surface area contributed by atoms with E-state index in [4.69, 9.17) is 28.7 Å². The van der Waals surface area contributed by atoms with Crippen molar-refractivity contribution in [1.29, 1.82) is 0 Å². The van der Waals surface area contributed by atoms with Gasteiger partial charge in [-0.25, -0.2) is 10.2 Å². The highest BCUT2D eigenvalue weighted by molar-refractivity contribution is 5.96. The van der Waals surface area contributed by atoms with E-state index in [-0.39, 0.29) is 94.0 Å². The number of amides is 9. The second kappa shape index (κ2) is 31.4. The Kier molecular flexibility index (Phi) is 26.3. The Morgan fingerprint density at radius 1 is 0.535 bits per heavy atom. The zero-order valence-electron chi connectivity index (χ0n) is 41.1. The lowest BCUT2D eigenvalue weighted by Gasteiger charge is -2.28. The Morgan fingerprint density at radius 3 is 1.48 bits per heavy atom. The normalized spacial score (nSPS) is 13.4. The second-order valence-corrected chi connectivity index (χ2v) is 17.6. The first-order chi connectivity index (χ1) is 33.6. The molecule has 0 fully saturated rings. The van der Waals surface area contributed by atoms with Crippen LogP contribution in [0.3, 0.4) is 0 Å². The Morgan fingerprint density at radius 2 is 0.986 bits per heavy atom. The average molecular weight is 995 g/mol. The number of hydrogen-bond acceptors (Lipinski definition) is 12. The molecule has 0 aliphatic heterocycles. The van der Waals surface area contributed by atoms with Crippen LogP contribution < -0.4 is 76.7 Å². The molecule has 25 nitrogen and oxygen atoms in total. The molecule has 2 aromatic carbocycles. The molecule has 0 radical (unpaired) electrons. The third-order valence-electron chi connectivity index (χ3n) is 10.5. The van der Waals surface area contributed by atoms with Gasteiger partial charge in [0, 0.05) is 19.5 Å². The summed E-state index contributed by atoms with van der Waals surface area (Å²) in [5.41, 5.74) is 33.3. The smallest absolute Gasteiger partial charge is 0.334 e. The molecular formula is C46H74N16O9. The first kappa shape index (κ1) is 59.4. The fraction of sp³-hybridized carbons (Fsp3) is 0.522. The van der Waals surface area contributed by atoms with Crippen LogP contribution in [0.25, 0.3) is 0 Å². The molecule has 0 bridgehead atoms. The lowest BCUT2D eigenvalue weighted by atomic mass is 10.00. The minimum atomic E-state index is -1.32. The first-order valence-electron chi connectivity index (χ1n) is 23.3. The van der Waals surface area contributed by atoms with E-state index in [2.05, 4.69) is 58.1 Å². The van der Waals surface area contributed by atoms with Crippen LogP contribution in [0.4, 0.5) is 4.79 Å². The number of aliphatic imine (C=N–C) groups is 2. The van der Waals surface area contributed by atoms with Gasteiger partial charge in [-0.05, 0) is 87.1 Å². The van der Waals surface area contributed by atoms with Crippen molar-refractivity contribution in [2.24, 2.45) is 50.5 Å². The van der Waals surface area contributed by atoms with E-state index in [0.29, 0.717) is 5.56 Å². The van der Waals surface area contributed by atoms with Gasteiger partial charge < -0.3 is 71.0 Å². The van der Waals surface area contributed by atoms with Crippen molar-refractivity contribution in [2.75, 3.05) is 26.7 Å². The van der Waals surface area contributed by atoms with Gasteiger partial charge in [0.15, 0.2) is 11.9 Å². The van der Waals surface area contributed by atoms with Crippen LogP contribution in [0.5, 0.6) is 5.75 Å². The summed E-state index contributed by atoms with van der Waals surface area (Å²) in [7, 11) is 1.58.